The van der Waals surface area contributed by atoms with Crippen LogP contribution in [0, 0.1) is 0 Å². The van der Waals surface area contributed by atoms with Crippen LogP contribution in [0.25, 0.3) is 22.5 Å². The third-order valence-corrected chi connectivity index (χ3v) is 10.3. The third kappa shape index (κ3) is 14.4. The van der Waals surface area contributed by atoms with Gasteiger partial charge < -0.3 is 30.7 Å². The first-order chi connectivity index (χ1) is 32.1. The van der Waals surface area contributed by atoms with E-state index in [0.29, 0.717) is 43.3 Å². The fraction of sp³-hybridized carbons (Fsp3) is 0.231. The van der Waals surface area contributed by atoms with Gasteiger partial charge in [0.25, 0.3) is 0 Å². The summed E-state index contributed by atoms with van der Waals surface area (Å²) in [6.07, 6.45) is 13.4. The molecule has 2 amide bonds. The second-order valence-corrected chi connectivity index (χ2v) is 15.6. The normalized spacial score (nSPS) is 13.2. The highest BCUT2D eigenvalue weighted by Gasteiger charge is 2.13. The van der Waals surface area contributed by atoms with Gasteiger partial charge >= 0.3 is 0 Å². The molecule has 4 aromatic carbocycles. The monoisotopic (exact) mass is 886 g/mol. The summed E-state index contributed by atoms with van der Waals surface area (Å²) in [5.74, 6) is 2.56. The molecule has 7 rings (SSSR count). The molecule has 0 saturated heterocycles. The van der Waals surface area contributed by atoms with Gasteiger partial charge in [-0.1, -0.05) is 36.4 Å². The average molecular weight is 887 g/mol. The van der Waals surface area contributed by atoms with Gasteiger partial charge in [0.2, 0.25) is 23.7 Å². The van der Waals surface area contributed by atoms with Gasteiger partial charge in [-0.3, -0.25) is 19.4 Å². The highest BCUT2D eigenvalue weighted by atomic mass is 16.5. The van der Waals surface area contributed by atoms with Gasteiger partial charge in [0, 0.05) is 96.4 Å². The molecular weight excluding hydrogens is 829 g/mol. The topological polar surface area (TPSA) is 159 Å². The maximum Gasteiger partial charge on any atom is 0.227 e. The van der Waals surface area contributed by atoms with Gasteiger partial charge in [-0.15, -0.1) is 13.2 Å². The largest absolute Gasteiger partial charge is 0.496 e. The number of likely N-dealkylation sites (N-methyl/N-ethyl adjacent to an activating group) is 2. The van der Waals surface area contributed by atoms with E-state index in [1.54, 1.807) is 32.7 Å². The first-order valence-corrected chi connectivity index (χ1v) is 21.7. The summed E-state index contributed by atoms with van der Waals surface area (Å²) in [6, 6.07) is 30.9. The highest BCUT2D eigenvalue weighted by Crippen LogP contribution is 2.30. The Balaban J connectivity index is 0.000000219. The number of nitrogens with zero attached hydrogens (tertiary/aromatic N) is 6. The van der Waals surface area contributed by atoms with Crippen LogP contribution in [-0.2, 0) is 22.7 Å². The summed E-state index contributed by atoms with van der Waals surface area (Å²) in [4.78, 5) is 46.7. The van der Waals surface area contributed by atoms with Crippen molar-refractivity contribution in [3.05, 3.63) is 158 Å². The standard InChI is InChI=1S/C27H31N5O2.C25H27N5O2/c1-5-7-11-26(33)29-22-9-8-10-23(18-22)30-27-28-15-14-24(31-27)20-12-13-25(34-4)21(17-20)19-32(3)16-6-2;1-30-14-5-3-4-9-24(31)27-20-7-6-8-21(16-20)28-25-26-13-12-22(29-25)18-10-11-23(32-2)19(15-18)17-30/h5-6,8-10,12-15,17-18H,1-2,7,11,16,19H2,3-4H3,(H,29,33)(H,28,30,31);3,5-8,10-13,15-16H,4,9,14,17H2,1-2H3,(H,27,31)(H,26,28,29)/b;5-3+. The number of carbonyl (C=O) groups excluding carboxylic acids is 2. The van der Waals surface area contributed by atoms with Crippen molar-refractivity contribution in [3.8, 4) is 34.0 Å². The Bertz CT molecular complexity index is 2630. The van der Waals surface area contributed by atoms with Crippen LogP contribution in [0.4, 0.5) is 34.6 Å². The second kappa shape index (κ2) is 24.4. The molecule has 0 radical (unpaired) electrons. The molecular formula is C52H58N10O4. The van der Waals surface area contributed by atoms with Crippen LogP contribution in [0.5, 0.6) is 11.5 Å². The number of benzene rings is 4. The molecule has 4 N–H and O–H groups in total. The number of methoxy groups -OCH3 is 2. The molecule has 14 heteroatoms. The summed E-state index contributed by atoms with van der Waals surface area (Å²) in [6.45, 7) is 10.5. The minimum Gasteiger partial charge on any atom is -0.496 e. The lowest BCUT2D eigenvalue weighted by molar-refractivity contribution is -0.116. The van der Waals surface area contributed by atoms with Crippen LogP contribution in [0.15, 0.2) is 147 Å². The molecule has 1 aliphatic rings. The second-order valence-electron chi connectivity index (χ2n) is 15.6. The molecule has 0 atom stereocenters. The number of ether oxygens (including phenoxy) is 2. The van der Waals surface area contributed by atoms with Crippen molar-refractivity contribution in [2.24, 2.45) is 0 Å². The molecule has 14 nitrogen and oxygen atoms in total. The molecule has 1 aliphatic heterocycles. The Hall–Kier alpha value is -7.68. The predicted molar refractivity (Wildman–Crippen MR) is 265 cm³/mol. The molecule has 3 heterocycles. The van der Waals surface area contributed by atoms with Crippen molar-refractivity contribution < 1.29 is 19.1 Å². The fourth-order valence-corrected chi connectivity index (χ4v) is 7.09. The lowest BCUT2D eigenvalue weighted by Crippen LogP contribution is -2.18. The fourth-order valence-electron chi connectivity index (χ4n) is 7.09. The summed E-state index contributed by atoms with van der Waals surface area (Å²) in [7, 11) is 7.46. The number of fused-ring (bicyclic) bond motifs is 7. The average Bonchev–Trinajstić information content (AvgIpc) is 3.31. The summed E-state index contributed by atoms with van der Waals surface area (Å²) in [5, 5.41) is 12.3. The number of hydrogen-bond donors (Lipinski definition) is 4. The molecule has 0 fully saturated rings. The van der Waals surface area contributed by atoms with Crippen LogP contribution in [0.2, 0.25) is 0 Å². The predicted octanol–water partition coefficient (Wildman–Crippen LogP) is 10.0. The molecule has 6 aromatic rings. The van der Waals surface area contributed by atoms with Gasteiger partial charge in [0.15, 0.2) is 0 Å². The number of carbonyl (C=O) groups is 2. The summed E-state index contributed by atoms with van der Waals surface area (Å²) >= 11 is 0. The first kappa shape index (κ1) is 47.8. The Morgan fingerprint density at radius 2 is 1.53 bits per heavy atom. The number of rotatable bonds is 13. The van der Waals surface area contributed by atoms with Gasteiger partial charge in [-0.2, -0.15) is 0 Å². The number of amides is 2. The van der Waals surface area contributed by atoms with Crippen molar-refractivity contribution in [3.63, 3.8) is 0 Å². The summed E-state index contributed by atoms with van der Waals surface area (Å²) in [5.41, 5.74) is 8.74. The first-order valence-electron chi connectivity index (χ1n) is 21.7. The zero-order valence-corrected chi connectivity index (χ0v) is 38.1. The zero-order valence-electron chi connectivity index (χ0n) is 38.1. The van der Waals surface area contributed by atoms with Crippen molar-refractivity contribution in [1.29, 1.82) is 0 Å². The molecule has 2 aromatic heterocycles. The van der Waals surface area contributed by atoms with Crippen LogP contribution >= 0.6 is 0 Å². The molecule has 0 spiro atoms. The van der Waals surface area contributed by atoms with Gasteiger partial charge in [0.1, 0.15) is 11.5 Å². The number of nitrogens with one attached hydrogen (secondary N) is 4. The number of hydrogen-bond acceptors (Lipinski definition) is 12. The number of aromatic nitrogens is 4. The smallest absolute Gasteiger partial charge is 0.227 e. The molecule has 6 bridgehead atoms. The highest BCUT2D eigenvalue weighted by molar-refractivity contribution is 5.92. The van der Waals surface area contributed by atoms with E-state index in [9.17, 15) is 9.59 Å². The third-order valence-electron chi connectivity index (χ3n) is 10.3. The Morgan fingerprint density at radius 1 is 0.818 bits per heavy atom. The van der Waals surface area contributed by atoms with Crippen LogP contribution < -0.4 is 30.7 Å². The summed E-state index contributed by atoms with van der Waals surface area (Å²) < 4.78 is 11.1. The van der Waals surface area contributed by atoms with E-state index in [-0.39, 0.29) is 11.8 Å². The van der Waals surface area contributed by atoms with Gasteiger partial charge in [-0.05, 0) is 112 Å². The lowest BCUT2D eigenvalue weighted by Gasteiger charge is -2.18. The number of anilines is 6. The minimum atomic E-state index is -0.0515. The number of allylic oxidation sites excluding steroid dienone is 2. The van der Waals surface area contributed by atoms with Crippen LogP contribution in [0.1, 0.15) is 36.8 Å². The van der Waals surface area contributed by atoms with Crippen molar-refractivity contribution >= 4 is 46.5 Å². The van der Waals surface area contributed by atoms with E-state index in [0.717, 1.165) is 88.4 Å². The van der Waals surface area contributed by atoms with Crippen molar-refractivity contribution in [1.82, 2.24) is 29.7 Å². The van der Waals surface area contributed by atoms with Crippen LogP contribution in [0.3, 0.4) is 0 Å². The Labute approximate surface area is 387 Å². The quantitative estimate of drug-likeness (QED) is 0.0815. The van der Waals surface area contributed by atoms with E-state index in [2.05, 4.69) is 85.5 Å². The van der Waals surface area contributed by atoms with Gasteiger partial charge in [-0.25, -0.2) is 19.9 Å². The van der Waals surface area contributed by atoms with E-state index in [4.69, 9.17) is 19.4 Å². The van der Waals surface area contributed by atoms with E-state index in [1.165, 1.54) is 0 Å². The van der Waals surface area contributed by atoms with E-state index < -0.39 is 0 Å². The van der Waals surface area contributed by atoms with Crippen molar-refractivity contribution in [2.45, 2.75) is 38.8 Å². The van der Waals surface area contributed by atoms with E-state index >= 15 is 0 Å². The molecule has 0 saturated carbocycles. The van der Waals surface area contributed by atoms with Gasteiger partial charge in [0.05, 0.1) is 25.6 Å². The Kier molecular flexibility index (Phi) is 17.7. The van der Waals surface area contributed by atoms with Crippen LogP contribution in [-0.4, -0.2) is 83.0 Å². The molecule has 66 heavy (non-hydrogen) atoms. The molecule has 340 valence electrons. The maximum absolute atomic E-state index is 12.3. The zero-order chi connectivity index (χ0) is 46.7. The SMILES string of the molecule is C=CCCC(=O)Nc1cccc(Nc2nccc(-c3ccc(OC)c(CN(C)CC=C)c3)n2)c1.COc1ccc2cc1CN(C)C/C=C/CCC(=O)Nc1cccc(c1)Nc1nccc-2n1. The minimum absolute atomic E-state index is 0.0166. The van der Waals surface area contributed by atoms with E-state index in [1.807, 2.05) is 98.1 Å². The maximum atomic E-state index is 12.3. The van der Waals surface area contributed by atoms with Crippen molar-refractivity contribution in [2.75, 3.05) is 62.7 Å². The molecule has 0 unspecified atom stereocenters. The Morgan fingerprint density at radius 3 is 2.30 bits per heavy atom. The lowest BCUT2D eigenvalue weighted by atomic mass is 10.1. The molecule has 0 aliphatic carbocycles.